The molecule has 1 nitrogen and oxygen atoms in total. The van der Waals surface area contributed by atoms with E-state index in [1.807, 2.05) is 6.92 Å². The molecule has 0 heterocycles. The third kappa shape index (κ3) is 6.08. The molecule has 1 rings (SSSR count). The molecule has 2 unspecified atom stereocenters. The van der Waals surface area contributed by atoms with Crippen LogP contribution >= 0.6 is 0 Å². The highest BCUT2D eigenvalue weighted by Crippen LogP contribution is 2.30. The first kappa shape index (κ1) is 18.0. The van der Waals surface area contributed by atoms with Gasteiger partial charge in [-0.1, -0.05) is 45.2 Å². The molecule has 0 aliphatic carbocycles. The van der Waals surface area contributed by atoms with Crippen molar-refractivity contribution in [2.45, 2.75) is 71.1 Å². The molecule has 2 atom stereocenters. The molecule has 0 spiro atoms. The Morgan fingerprint density at radius 3 is 2.38 bits per heavy atom. The van der Waals surface area contributed by atoms with Crippen molar-refractivity contribution in [3.8, 4) is 0 Å². The zero-order chi connectivity index (χ0) is 15.9. The summed E-state index contributed by atoms with van der Waals surface area (Å²) >= 11 is 0. The lowest BCUT2D eigenvalue weighted by atomic mass is 10.0. The molecule has 0 aliphatic heterocycles. The maximum absolute atomic E-state index is 12.8. The van der Waals surface area contributed by atoms with Gasteiger partial charge in [-0.15, -0.1) is 0 Å². The van der Waals surface area contributed by atoms with Crippen LogP contribution in [0.3, 0.4) is 0 Å². The van der Waals surface area contributed by atoms with Crippen molar-refractivity contribution in [3.05, 3.63) is 35.4 Å². The standard InChI is InChI=1S/C17H26F3N/c1-4-6-11-16(8-5-2)21-13(3)14-9-7-10-15(12-14)17(18,19)20/h7,9-10,12-13,16,21H,4-6,8,11H2,1-3H3. The van der Waals surface area contributed by atoms with E-state index in [1.54, 1.807) is 6.07 Å². The summed E-state index contributed by atoms with van der Waals surface area (Å²) in [5.41, 5.74) is 0.122. The molecule has 0 saturated heterocycles. The third-order valence-corrected chi connectivity index (χ3v) is 3.74. The highest BCUT2D eigenvalue weighted by atomic mass is 19.4. The van der Waals surface area contributed by atoms with Gasteiger partial charge in [0.25, 0.3) is 0 Å². The molecule has 0 fully saturated rings. The van der Waals surface area contributed by atoms with Crippen molar-refractivity contribution >= 4 is 0 Å². The van der Waals surface area contributed by atoms with E-state index >= 15 is 0 Å². The molecule has 0 radical (unpaired) electrons. The summed E-state index contributed by atoms with van der Waals surface area (Å²) in [4.78, 5) is 0. The lowest BCUT2D eigenvalue weighted by Crippen LogP contribution is -2.31. The van der Waals surface area contributed by atoms with Crippen LogP contribution in [0, 0.1) is 0 Å². The largest absolute Gasteiger partial charge is 0.416 e. The Bertz CT molecular complexity index is 415. The SMILES string of the molecule is CCCCC(CCC)NC(C)c1cccc(C(F)(F)F)c1. The zero-order valence-corrected chi connectivity index (χ0v) is 13.1. The Hall–Kier alpha value is -1.03. The van der Waals surface area contributed by atoms with Crippen molar-refractivity contribution in [1.82, 2.24) is 5.32 Å². The Labute approximate surface area is 125 Å². The van der Waals surface area contributed by atoms with Crippen molar-refractivity contribution < 1.29 is 13.2 Å². The highest BCUT2D eigenvalue weighted by Gasteiger charge is 2.30. The molecule has 0 aromatic heterocycles. The van der Waals surface area contributed by atoms with Gasteiger partial charge in [-0.25, -0.2) is 0 Å². The smallest absolute Gasteiger partial charge is 0.307 e. The lowest BCUT2D eigenvalue weighted by Gasteiger charge is -2.24. The molecule has 0 amide bonds. The summed E-state index contributed by atoms with van der Waals surface area (Å²) < 4.78 is 38.3. The number of unbranched alkanes of at least 4 members (excludes halogenated alkanes) is 1. The van der Waals surface area contributed by atoms with E-state index in [-0.39, 0.29) is 6.04 Å². The maximum Gasteiger partial charge on any atom is 0.416 e. The number of benzene rings is 1. The normalized spacial score (nSPS) is 15.0. The number of alkyl halides is 3. The quantitative estimate of drug-likeness (QED) is 0.648. The fourth-order valence-corrected chi connectivity index (χ4v) is 2.54. The van der Waals surface area contributed by atoms with Gasteiger partial charge < -0.3 is 5.32 Å². The highest BCUT2D eigenvalue weighted by molar-refractivity contribution is 5.27. The van der Waals surface area contributed by atoms with Gasteiger partial charge in [-0.3, -0.25) is 0 Å². The predicted molar refractivity (Wildman–Crippen MR) is 81.2 cm³/mol. The maximum atomic E-state index is 12.8. The molecular formula is C17H26F3N. The first-order chi connectivity index (χ1) is 9.88. The fourth-order valence-electron chi connectivity index (χ4n) is 2.54. The second kappa shape index (κ2) is 8.42. The summed E-state index contributed by atoms with van der Waals surface area (Å²) in [6.45, 7) is 6.22. The molecule has 4 heteroatoms. The summed E-state index contributed by atoms with van der Waals surface area (Å²) in [6.07, 6.45) is 1.22. The van der Waals surface area contributed by atoms with Crippen LogP contribution in [0.1, 0.15) is 70.0 Å². The zero-order valence-electron chi connectivity index (χ0n) is 13.1. The molecule has 1 N–H and O–H groups in total. The van der Waals surface area contributed by atoms with Crippen molar-refractivity contribution in [2.24, 2.45) is 0 Å². The van der Waals surface area contributed by atoms with Gasteiger partial charge in [0, 0.05) is 12.1 Å². The molecular weight excluding hydrogens is 275 g/mol. The van der Waals surface area contributed by atoms with E-state index in [4.69, 9.17) is 0 Å². The Kier molecular flexibility index (Phi) is 7.23. The monoisotopic (exact) mass is 301 g/mol. The Balaban J connectivity index is 2.75. The van der Waals surface area contributed by atoms with Gasteiger partial charge in [-0.05, 0) is 37.5 Å². The van der Waals surface area contributed by atoms with E-state index in [0.717, 1.165) is 38.2 Å². The summed E-state index contributed by atoms with van der Waals surface area (Å²) in [6, 6.07) is 5.92. The van der Waals surface area contributed by atoms with Crippen molar-refractivity contribution in [3.63, 3.8) is 0 Å². The fraction of sp³-hybridized carbons (Fsp3) is 0.647. The third-order valence-electron chi connectivity index (χ3n) is 3.74. The van der Waals surface area contributed by atoms with Crippen LogP contribution in [0.4, 0.5) is 13.2 Å². The molecule has 0 bridgehead atoms. The second-order valence-corrected chi connectivity index (χ2v) is 5.64. The Morgan fingerprint density at radius 2 is 1.81 bits per heavy atom. The molecule has 21 heavy (non-hydrogen) atoms. The van der Waals surface area contributed by atoms with Crippen molar-refractivity contribution in [2.75, 3.05) is 0 Å². The minimum Gasteiger partial charge on any atom is -0.307 e. The van der Waals surface area contributed by atoms with Gasteiger partial charge in [0.05, 0.1) is 5.56 Å². The first-order valence-corrected chi connectivity index (χ1v) is 7.81. The number of rotatable bonds is 8. The van der Waals surface area contributed by atoms with Crippen LogP contribution in [0.15, 0.2) is 24.3 Å². The number of hydrogen-bond donors (Lipinski definition) is 1. The van der Waals surface area contributed by atoms with Gasteiger partial charge in [0.2, 0.25) is 0 Å². The summed E-state index contributed by atoms with van der Waals surface area (Å²) in [5.74, 6) is 0. The van der Waals surface area contributed by atoms with Crippen LogP contribution < -0.4 is 5.32 Å². The number of halogens is 3. The topological polar surface area (TPSA) is 12.0 Å². The minimum absolute atomic E-state index is 0.0688. The van der Waals surface area contributed by atoms with E-state index in [0.29, 0.717) is 11.6 Å². The van der Waals surface area contributed by atoms with Gasteiger partial charge in [0.1, 0.15) is 0 Å². The van der Waals surface area contributed by atoms with Gasteiger partial charge in [-0.2, -0.15) is 13.2 Å². The molecule has 1 aromatic rings. The minimum atomic E-state index is -4.28. The average Bonchev–Trinajstić information content (AvgIpc) is 2.44. The van der Waals surface area contributed by atoms with E-state index in [1.165, 1.54) is 12.1 Å². The van der Waals surface area contributed by atoms with Crippen LogP contribution in [-0.2, 0) is 6.18 Å². The van der Waals surface area contributed by atoms with Crippen molar-refractivity contribution in [1.29, 1.82) is 0 Å². The number of hydrogen-bond acceptors (Lipinski definition) is 1. The van der Waals surface area contributed by atoms with Gasteiger partial charge in [0.15, 0.2) is 0 Å². The molecule has 1 aromatic carbocycles. The van der Waals surface area contributed by atoms with Crippen LogP contribution in [0.5, 0.6) is 0 Å². The predicted octanol–water partition coefficient (Wildman–Crippen LogP) is 5.71. The number of nitrogens with one attached hydrogen (secondary N) is 1. The lowest BCUT2D eigenvalue weighted by molar-refractivity contribution is -0.137. The molecule has 120 valence electrons. The Morgan fingerprint density at radius 1 is 1.10 bits per heavy atom. The average molecular weight is 301 g/mol. The summed E-state index contributed by atoms with van der Waals surface area (Å²) in [7, 11) is 0. The van der Waals surface area contributed by atoms with Crippen LogP contribution in [0.2, 0.25) is 0 Å². The van der Waals surface area contributed by atoms with E-state index < -0.39 is 11.7 Å². The summed E-state index contributed by atoms with van der Waals surface area (Å²) in [5, 5.41) is 3.48. The molecule has 0 aliphatic rings. The van der Waals surface area contributed by atoms with Crippen LogP contribution in [-0.4, -0.2) is 6.04 Å². The van der Waals surface area contributed by atoms with Gasteiger partial charge >= 0.3 is 6.18 Å². The van der Waals surface area contributed by atoms with E-state index in [2.05, 4.69) is 19.2 Å². The van der Waals surface area contributed by atoms with Crippen LogP contribution in [0.25, 0.3) is 0 Å². The first-order valence-electron chi connectivity index (χ1n) is 7.81. The van der Waals surface area contributed by atoms with E-state index in [9.17, 15) is 13.2 Å². The second-order valence-electron chi connectivity index (χ2n) is 5.64. The molecule has 0 saturated carbocycles.